The van der Waals surface area contributed by atoms with E-state index in [-0.39, 0.29) is 44.5 Å². The quantitative estimate of drug-likeness (QED) is 0.167. The number of halogens is 4. The number of fused-ring (bicyclic) bond motifs is 1. The van der Waals surface area contributed by atoms with E-state index in [1.807, 2.05) is 13.8 Å². The maximum Gasteiger partial charge on any atom is 0.416 e. The lowest BCUT2D eigenvalue weighted by atomic mass is 10.0. The number of carboxylic acid groups (broad SMARTS) is 1. The van der Waals surface area contributed by atoms with E-state index in [9.17, 15) is 33.0 Å². The molecule has 5 rings (SSSR count). The molecule has 1 aliphatic rings. The molecule has 4 aromatic rings. The van der Waals surface area contributed by atoms with Crippen LogP contribution >= 0.6 is 11.6 Å². The first-order valence-electron chi connectivity index (χ1n) is 12.2. The van der Waals surface area contributed by atoms with Gasteiger partial charge >= 0.3 is 12.1 Å². The van der Waals surface area contributed by atoms with Crippen LogP contribution in [0.5, 0.6) is 5.75 Å². The molecule has 0 radical (unpaired) electrons. The standard InChI is InChI=1S/C30H21ClF3N3O4/c1-15-6-8-21(10-16(15)2)37-25-12-19(30(32,33)34)7-9-22(25)26(28(37)39)36-35-24-14-20(31)13-23(27(24)38)17-4-3-5-18(11-17)29(40)41/h3-14,35,38H,1-2H3,(H,40,41). The molecule has 0 unspecified atom stereocenters. The number of phenols is 1. The van der Waals surface area contributed by atoms with E-state index in [1.165, 1.54) is 36.4 Å². The number of hydrazone groups is 1. The SMILES string of the molecule is Cc1ccc(N2C(=O)C(=NNc3cc(Cl)cc(-c4cccc(C(=O)O)c4)c3O)c3ccc(C(F)(F)F)cc32)cc1C. The van der Waals surface area contributed by atoms with Gasteiger partial charge in [0.05, 0.1) is 16.8 Å². The van der Waals surface area contributed by atoms with Gasteiger partial charge in [-0.1, -0.05) is 29.8 Å². The normalized spacial score (nSPS) is 14.0. The molecule has 0 aliphatic carbocycles. The van der Waals surface area contributed by atoms with E-state index in [0.717, 1.165) is 28.2 Å². The molecular weight excluding hydrogens is 559 g/mol. The van der Waals surface area contributed by atoms with Crippen molar-refractivity contribution in [2.75, 3.05) is 10.3 Å². The van der Waals surface area contributed by atoms with Crippen LogP contribution in [0.3, 0.4) is 0 Å². The number of hydrogen-bond acceptors (Lipinski definition) is 5. The van der Waals surface area contributed by atoms with Crippen LogP contribution in [0, 0.1) is 13.8 Å². The number of aryl methyl sites for hydroxylation is 2. The van der Waals surface area contributed by atoms with Crippen LogP contribution < -0.4 is 10.3 Å². The maximum atomic E-state index is 13.6. The van der Waals surface area contributed by atoms with Crippen molar-refractivity contribution in [3.05, 3.63) is 106 Å². The number of aromatic hydroxyl groups is 1. The summed E-state index contributed by atoms with van der Waals surface area (Å²) in [5, 5.41) is 24.7. The molecule has 0 bridgehead atoms. The molecule has 0 saturated carbocycles. The van der Waals surface area contributed by atoms with Gasteiger partial charge in [-0.2, -0.15) is 18.3 Å². The lowest BCUT2D eigenvalue weighted by molar-refractivity contribution is -0.137. The Hall–Kier alpha value is -4.83. The number of benzene rings is 4. The van der Waals surface area contributed by atoms with Crippen molar-refractivity contribution in [2.45, 2.75) is 20.0 Å². The van der Waals surface area contributed by atoms with Gasteiger partial charge < -0.3 is 10.2 Å². The summed E-state index contributed by atoms with van der Waals surface area (Å²) in [4.78, 5) is 26.2. The first-order chi connectivity index (χ1) is 19.3. The summed E-state index contributed by atoms with van der Waals surface area (Å²) < 4.78 is 40.7. The van der Waals surface area contributed by atoms with Crippen LogP contribution in [-0.2, 0) is 11.0 Å². The number of carbonyl (C=O) groups is 2. The molecule has 0 atom stereocenters. The predicted molar refractivity (Wildman–Crippen MR) is 150 cm³/mol. The lowest BCUT2D eigenvalue weighted by Gasteiger charge is -2.19. The van der Waals surface area contributed by atoms with Crippen molar-refractivity contribution >= 4 is 46.3 Å². The van der Waals surface area contributed by atoms with E-state index >= 15 is 0 Å². The zero-order chi connectivity index (χ0) is 29.6. The smallest absolute Gasteiger partial charge is 0.416 e. The van der Waals surface area contributed by atoms with Crippen LogP contribution in [0.1, 0.15) is 32.6 Å². The summed E-state index contributed by atoms with van der Waals surface area (Å²) in [6.45, 7) is 3.70. The van der Waals surface area contributed by atoms with Gasteiger partial charge in [-0.3, -0.25) is 15.1 Å². The molecule has 41 heavy (non-hydrogen) atoms. The van der Waals surface area contributed by atoms with Crippen molar-refractivity contribution in [1.29, 1.82) is 0 Å². The second-order valence-electron chi connectivity index (χ2n) is 9.45. The highest BCUT2D eigenvalue weighted by atomic mass is 35.5. The van der Waals surface area contributed by atoms with Gasteiger partial charge in [0.2, 0.25) is 0 Å². The third kappa shape index (κ3) is 5.21. The lowest BCUT2D eigenvalue weighted by Crippen LogP contribution is -2.26. The third-order valence-corrected chi connectivity index (χ3v) is 6.98. The molecule has 208 valence electrons. The summed E-state index contributed by atoms with van der Waals surface area (Å²) >= 11 is 6.27. The highest BCUT2D eigenvalue weighted by Crippen LogP contribution is 2.42. The third-order valence-electron chi connectivity index (χ3n) is 6.76. The van der Waals surface area contributed by atoms with Crippen molar-refractivity contribution in [3.8, 4) is 16.9 Å². The predicted octanol–water partition coefficient (Wildman–Crippen LogP) is 7.54. The molecule has 4 aromatic carbocycles. The summed E-state index contributed by atoms with van der Waals surface area (Å²) in [7, 11) is 0. The van der Waals surface area contributed by atoms with Crippen LogP contribution in [0.15, 0.2) is 77.9 Å². The monoisotopic (exact) mass is 579 g/mol. The van der Waals surface area contributed by atoms with Crippen molar-refractivity contribution in [1.82, 2.24) is 0 Å². The second-order valence-corrected chi connectivity index (χ2v) is 9.88. The summed E-state index contributed by atoms with van der Waals surface area (Å²) in [6.07, 6.45) is -4.63. The Labute approximate surface area is 237 Å². The Morgan fingerprint density at radius 1 is 0.951 bits per heavy atom. The van der Waals surface area contributed by atoms with E-state index in [1.54, 1.807) is 24.3 Å². The minimum Gasteiger partial charge on any atom is -0.505 e. The van der Waals surface area contributed by atoms with Gasteiger partial charge in [-0.15, -0.1) is 0 Å². The Balaban J connectivity index is 1.59. The number of alkyl halides is 3. The molecule has 1 amide bonds. The van der Waals surface area contributed by atoms with Crippen molar-refractivity contribution < 1.29 is 33.0 Å². The molecule has 7 nitrogen and oxygen atoms in total. The number of hydrogen-bond donors (Lipinski definition) is 3. The Bertz CT molecular complexity index is 1770. The Morgan fingerprint density at radius 3 is 2.39 bits per heavy atom. The molecule has 3 N–H and O–H groups in total. The van der Waals surface area contributed by atoms with E-state index in [4.69, 9.17) is 11.6 Å². The van der Waals surface area contributed by atoms with E-state index in [0.29, 0.717) is 11.3 Å². The van der Waals surface area contributed by atoms with Crippen LogP contribution in [0.2, 0.25) is 5.02 Å². The molecule has 11 heteroatoms. The summed E-state index contributed by atoms with van der Waals surface area (Å²) in [5.41, 5.74) is 4.40. The number of carbonyl (C=O) groups excluding carboxylic acids is 1. The van der Waals surface area contributed by atoms with E-state index in [2.05, 4.69) is 10.5 Å². The number of aromatic carboxylic acids is 1. The van der Waals surface area contributed by atoms with Gasteiger partial charge in [0.25, 0.3) is 5.91 Å². The average molecular weight is 580 g/mol. The van der Waals surface area contributed by atoms with E-state index < -0.39 is 23.6 Å². The van der Waals surface area contributed by atoms with Gasteiger partial charge in [-0.05, 0) is 85.1 Å². The van der Waals surface area contributed by atoms with Crippen LogP contribution in [0.4, 0.5) is 30.2 Å². The zero-order valence-electron chi connectivity index (χ0n) is 21.5. The first-order valence-corrected chi connectivity index (χ1v) is 12.6. The Morgan fingerprint density at radius 2 is 1.71 bits per heavy atom. The largest absolute Gasteiger partial charge is 0.505 e. The fourth-order valence-corrected chi connectivity index (χ4v) is 4.71. The summed E-state index contributed by atoms with van der Waals surface area (Å²) in [6, 6.07) is 16.7. The van der Waals surface area contributed by atoms with Gasteiger partial charge in [0.1, 0.15) is 11.4 Å². The number of amides is 1. The van der Waals surface area contributed by atoms with Crippen molar-refractivity contribution in [2.24, 2.45) is 5.10 Å². The molecule has 0 fully saturated rings. The van der Waals surface area contributed by atoms with Crippen LogP contribution in [-0.4, -0.2) is 27.8 Å². The number of carboxylic acids is 1. The molecule has 1 heterocycles. The molecule has 0 saturated heterocycles. The zero-order valence-corrected chi connectivity index (χ0v) is 22.3. The fourth-order valence-electron chi connectivity index (χ4n) is 4.49. The fraction of sp³-hybridized carbons (Fsp3) is 0.100. The second kappa shape index (κ2) is 10.3. The van der Waals surface area contributed by atoms with Crippen molar-refractivity contribution in [3.63, 3.8) is 0 Å². The number of anilines is 3. The highest BCUT2D eigenvalue weighted by Gasteiger charge is 2.39. The number of phenolic OH excluding ortho intramolecular Hbond substituents is 1. The topological polar surface area (TPSA) is 102 Å². The first kappa shape index (κ1) is 27.7. The average Bonchev–Trinajstić information content (AvgIpc) is 3.20. The number of rotatable bonds is 5. The Kier molecular flexibility index (Phi) is 6.96. The van der Waals surface area contributed by atoms with Gasteiger partial charge in [0, 0.05) is 21.8 Å². The maximum absolute atomic E-state index is 13.6. The highest BCUT2D eigenvalue weighted by molar-refractivity contribution is 6.55. The van der Waals surface area contributed by atoms with Crippen LogP contribution in [0.25, 0.3) is 11.1 Å². The number of nitrogens with one attached hydrogen (secondary N) is 1. The molecule has 0 spiro atoms. The number of nitrogens with zero attached hydrogens (tertiary/aromatic N) is 2. The van der Waals surface area contributed by atoms with Gasteiger partial charge in [-0.25, -0.2) is 4.79 Å². The summed E-state index contributed by atoms with van der Waals surface area (Å²) in [5.74, 6) is -2.16. The molecule has 1 aliphatic heterocycles. The molecular formula is C30H21ClF3N3O4. The molecule has 0 aromatic heterocycles. The van der Waals surface area contributed by atoms with Gasteiger partial charge in [0.15, 0.2) is 5.71 Å². The minimum atomic E-state index is -4.63. The minimum absolute atomic E-state index is 0.00514.